The molecule has 0 unspecified atom stereocenters. The van der Waals surface area contributed by atoms with E-state index in [9.17, 15) is 4.79 Å². The molecule has 0 aliphatic carbocycles. The number of hydrogen-bond donors (Lipinski definition) is 3. The van der Waals surface area contributed by atoms with Crippen LogP contribution in [-0.4, -0.2) is 19.7 Å². The van der Waals surface area contributed by atoms with Crippen molar-refractivity contribution in [3.63, 3.8) is 0 Å². The van der Waals surface area contributed by atoms with E-state index in [0.717, 1.165) is 28.1 Å². The molecule has 3 N–H and O–H groups in total. The Morgan fingerprint density at radius 3 is 2.47 bits per heavy atom. The average Bonchev–Trinajstić information content (AvgIpc) is 2.87. The minimum Gasteiger partial charge on any atom is -0.497 e. The number of benzene rings is 4. The molecule has 1 atom stereocenters. The minimum atomic E-state index is -0.215. The third kappa shape index (κ3) is 5.38. The Bertz CT molecular complexity index is 1260. The molecular weight excluding hydrogens is 422 g/mol. The maximum atomic E-state index is 12.2. The highest BCUT2D eigenvalue weighted by atomic mass is 16.5. The van der Waals surface area contributed by atoms with Crippen LogP contribution < -0.4 is 20.7 Å². The van der Waals surface area contributed by atoms with Crippen LogP contribution in [0.1, 0.15) is 31.0 Å². The Morgan fingerprint density at radius 2 is 1.71 bits per heavy atom. The number of anilines is 1. The molecule has 2 amide bonds. The second-order valence-electron chi connectivity index (χ2n) is 8.26. The van der Waals surface area contributed by atoms with Crippen LogP contribution in [0.2, 0.25) is 0 Å². The number of carbonyl (C=O) groups is 1. The van der Waals surface area contributed by atoms with E-state index in [1.54, 1.807) is 7.11 Å². The van der Waals surface area contributed by atoms with Crippen LogP contribution in [0.4, 0.5) is 10.5 Å². The second-order valence-corrected chi connectivity index (χ2v) is 8.26. The van der Waals surface area contributed by atoms with Crippen molar-refractivity contribution in [1.82, 2.24) is 10.6 Å². The normalized spacial score (nSPS) is 11.7. The molecular formula is C29H31N3O2. The topological polar surface area (TPSA) is 62.4 Å². The van der Waals surface area contributed by atoms with Crippen molar-refractivity contribution < 1.29 is 9.53 Å². The Balaban J connectivity index is 1.58. The van der Waals surface area contributed by atoms with Gasteiger partial charge >= 0.3 is 6.03 Å². The van der Waals surface area contributed by atoms with Crippen molar-refractivity contribution >= 4 is 22.5 Å². The van der Waals surface area contributed by atoms with Crippen LogP contribution in [0.15, 0.2) is 84.9 Å². The fraction of sp³-hybridized carbons (Fsp3) is 0.207. The van der Waals surface area contributed by atoms with Crippen molar-refractivity contribution in [3.8, 4) is 16.9 Å². The van der Waals surface area contributed by atoms with Crippen molar-refractivity contribution in [3.05, 3.63) is 96.1 Å². The lowest BCUT2D eigenvalue weighted by Gasteiger charge is -2.18. The summed E-state index contributed by atoms with van der Waals surface area (Å²) < 4.78 is 5.30. The summed E-state index contributed by atoms with van der Waals surface area (Å²) in [4.78, 5) is 12.2. The number of amides is 2. The van der Waals surface area contributed by atoms with Gasteiger partial charge in [-0.05, 0) is 65.6 Å². The lowest BCUT2D eigenvalue weighted by atomic mass is 9.98. The van der Waals surface area contributed by atoms with Gasteiger partial charge in [0.15, 0.2) is 0 Å². The Hall–Kier alpha value is -3.83. The monoisotopic (exact) mass is 453 g/mol. The van der Waals surface area contributed by atoms with Crippen LogP contribution in [0.5, 0.6) is 5.75 Å². The van der Waals surface area contributed by atoms with E-state index in [1.807, 2.05) is 37.3 Å². The first kappa shape index (κ1) is 23.3. The first-order valence-corrected chi connectivity index (χ1v) is 11.6. The molecule has 4 aromatic carbocycles. The van der Waals surface area contributed by atoms with Gasteiger partial charge in [0.1, 0.15) is 5.75 Å². The Labute approximate surface area is 201 Å². The third-order valence-electron chi connectivity index (χ3n) is 5.97. The fourth-order valence-corrected chi connectivity index (χ4v) is 4.16. The lowest BCUT2D eigenvalue weighted by molar-refractivity contribution is 0.252. The number of ether oxygens (including phenoxy) is 1. The van der Waals surface area contributed by atoms with Gasteiger partial charge in [-0.15, -0.1) is 0 Å². The molecule has 0 saturated carbocycles. The molecule has 0 radical (unpaired) electrons. The Kier molecular flexibility index (Phi) is 7.45. The van der Waals surface area contributed by atoms with E-state index < -0.39 is 0 Å². The van der Waals surface area contributed by atoms with Gasteiger partial charge in [0.25, 0.3) is 0 Å². The molecule has 0 spiro atoms. The zero-order valence-electron chi connectivity index (χ0n) is 19.9. The molecule has 0 heterocycles. The summed E-state index contributed by atoms with van der Waals surface area (Å²) in [6.45, 7) is 5.36. The van der Waals surface area contributed by atoms with Gasteiger partial charge < -0.3 is 20.7 Å². The maximum Gasteiger partial charge on any atom is 0.319 e. The van der Waals surface area contributed by atoms with Crippen LogP contribution in [-0.2, 0) is 6.54 Å². The summed E-state index contributed by atoms with van der Waals surface area (Å²) in [6, 6.07) is 28.9. The number of rotatable bonds is 8. The number of hydrogen-bond acceptors (Lipinski definition) is 3. The molecule has 4 aromatic rings. The van der Waals surface area contributed by atoms with E-state index in [1.165, 1.54) is 16.3 Å². The molecule has 0 aliphatic rings. The number of urea groups is 1. The fourth-order valence-electron chi connectivity index (χ4n) is 4.16. The Morgan fingerprint density at radius 1 is 0.941 bits per heavy atom. The number of fused-ring (bicyclic) bond motifs is 1. The van der Waals surface area contributed by atoms with Gasteiger partial charge in [0.2, 0.25) is 0 Å². The van der Waals surface area contributed by atoms with Gasteiger partial charge in [-0.25, -0.2) is 4.79 Å². The van der Waals surface area contributed by atoms with Crippen molar-refractivity contribution in [2.24, 2.45) is 0 Å². The summed E-state index contributed by atoms with van der Waals surface area (Å²) >= 11 is 0. The first-order valence-electron chi connectivity index (χ1n) is 11.6. The maximum absolute atomic E-state index is 12.2. The highest BCUT2D eigenvalue weighted by molar-refractivity contribution is 5.94. The molecule has 34 heavy (non-hydrogen) atoms. The molecule has 0 fully saturated rings. The summed E-state index contributed by atoms with van der Waals surface area (Å²) in [5, 5.41) is 12.0. The van der Waals surface area contributed by atoms with Gasteiger partial charge in [-0.3, -0.25) is 0 Å². The highest BCUT2D eigenvalue weighted by Crippen LogP contribution is 2.31. The number of methoxy groups -OCH3 is 1. The molecule has 4 rings (SSSR count). The zero-order valence-corrected chi connectivity index (χ0v) is 19.9. The number of carbonyl (C=O) groups excluding carboxylic acids is 1. The number of nitrogens with one attached hydrogen (secondary N) is 3. The molecule has 0 bridgehead atoms. The van der Waals surface area contributed by atoms with E-state index in [2.05, 4.69) is 77.5 Å². The van der Waals surface area contributed by atoms with Crippen molar-refractivity contribution in [2.75, 3.05) is 19.0 Å². The van der Waals surface area contributed by atoms with E-state index in [0.29, 0.717) is 13.1 Å². The van der Waals surface area contributed by atoms with Crippen LogP contribution in [0.3, 0.4) is 0 Å². The summed E-state index contributed by atoms with van der Waals surface area (Å²) in [6.07, 6.45) is 0. The lowest BCUT2D eigenvalue weighted by Crippen LogP contribution is -2.28. The van der Waals surface area contributed by atoms with Gasteiger partial charge in [-0.1, -0.05) is 60.7 Å². The predicted octanol–water partition coefficient (Wildman–Crippen LogP) is 6.51. The van der Waals surface area contributed by atoms with Gasteiger partial charge in [0, 0.05) is 24.7 Å². The quantitative estimate of drug-likeness (QED) is 0.285. The van der Waals surface area contributed by atoms with Crippen molar-refractivity contribution in [1.29, 1.82) is 0 Å². The largest absolute Gasteiger partial charge is 0.497 e. The third-order valence-corrected chi connectivity index (χ3v) is 5.97. The second kappa shape index (κ2) is 10.9. The molecule has 0 aliphatic heterocycles. The van der Waals surface area contributed by atoms with Gasteiger partial charge in [0.05, 0.1) is 12.8 Å². The molecule has 0 saturated heterocycles. The van der Waals surface area contributed by atoms with E-state index >= 15 is 0 Å². The van der Waals surface area contributed by atoms with Crippen LogP contribution in [0.25, 0.3) is 21.9 Å². The first-order chi connectivity index (χ1) is 16.6. The summed E-state index contributed by atoms with van der Waals surface area (Å²) in [5.74, 6) is 0.795. The molecule has 5 heteroatoms. The van der Waals surface area contributed by atoms with Gasteiger partial charge in [-0.2, -0.15) is 0 Å². The van der Waals surface area contributed by atoms with Crippen molar-refractivity contribution in [2.45, 2.75) is 26.4 Å². The minimum absolute atomic E-state index is 0.184. The summed E-state index contributed by atoms with van der Waals surface area (Å²) in [7, 11) is 1.65. The molecule has 5 nitrogen and oxygen atoms in total. The smallest absolute Gasteiger partial charge is 0.319 e. The molecule has 0 aromatic heterocycles. The summed E-state index contributed by atoms with van der Waals surface area (Å²) in [5.41, 5.74) is 5.16. The standard InChI is InChI=1S/C29H31N3O2/c1-4-30-29(33)32-28-17-12-21(18-27(28)23-13-15-24(34-3)16-14-23)19-31-20(2)25-11-7-9-22-8-5-6-10-26(22)25/h5-18,20,31H,4,19H2,1-3H3,(H2,30,32,33)/t20-/m1/s1. The molecule has 174 valence electrons. The zero-order chi connectivity index (χ0) is 23.9. The highest BCUT2D eigenvalue weighted by Gasteiger charge is 2.12. The average molecular weight is 454 g/mol. The SMILES string of the molecule is CCNC(=O)Nc1ccc(CN[C@H](C)c2cccc3ccccc23)cc1-c1ccc(OC)cc1. The predicted molar refractivity (Wildman–Crippen MR) is 140 cm³/mol. The van der Waals surface area contributed by atoms with Crippen LogP contribution in [0, 0.1) is 0 Å². The van der Waals surface area contributed by atoms with E-state index in [-0.39, 0.29) is 12.1 Å². The van der Waals surface area contributed by atoms with E-state index in [4.69, 9.17) is 4.74 Å². The van der Waals surface area contributed by atoms with Crippen LogP contribution >= 0.6 is 0 Å².